The fourth-order valence-corrected chi connectivity index (χ4v) is 0.988. The first kappa shape index (κ1) is 9.03. The van der Waals surface area contributed by atoms with Gasteiger partial charge in [0.05, 0.1) is 13.2 Å². The molecule has 66 valence electrons. The molecule has 0 spiro atoms. The molecule has 0 aromatic heterocycles. The van der Waals surface area contributed by atoms with Crippen molar-refractivity contribution in [2.45, 2.75) is 13.5 Å². The van der Waals surface area contributed by atoms with E-state index < -0.39 is 0 Å². The zero-order valence-electron chi connectivity index (χ0n) is 7.12. The summed E-state index contributed by atoms with van der Waals surface area (Å²) in [6.45, 7) is 3.04. The van der Waals surface area contributed by atoms with Gasteiger partial charge in [0, 0.05) is 0 Å². The van der Waals surface area contributed by atoms with Crippen LogP contribution in [0.25, 0.3) is 0 Å². The molecule has 0 heterocycles. The Morgan fingerprint density at radius 3 is 2.92 bits per heavy atom. The van der Waals surface area contributed by atoms with E-state index in [1.54, 1.807) is 0 Å². The van der Waals surface area contributed by atoms with Crippen LogP contribution in [0.5, 0.6) is 5.75 Å². The molecule has 12 heavy (non-hydrogen) atoms. The first-order chi connectivity index (χ1) is 5.86. The molecular formula is C9H13NO2. The van der Waals surface area contributed by atoms with Crippen LogP contribution in [0.15, 0.2) is 24.3 Å². The van der Waals surface area contributed by atoms with Crippen LogP contribution in [0.3, 0.4) is 0 Å². The third-order valence-corrected chi connectivity index (χ3v) is 1.46. The van der Waals surface area contributed by atoms with Crippen molar-refractivity contribution in [3.05, 3.63) is 29.8 Å². The number of hydrogen-bond acceptors (Lipinski definition) is 3. The summed E-state index contributed by atoms with van der Waals surface area (Å²) in [5, 5.41) is 0. The summed E-state index contributed by atoms with van der Waals surface area (Å²) in [4.78, 5) is 4.51. The molecule has 0 unspecified atom stereocenters. The molecule has 3 nitrogen and oxygen atoms in total. The van der Waals surface area contributed by atoms with Crippen LogP contribution >= 0.6 is 0 Å². The van der Waals surface area contributed by atoms with Crippen molar-refractivity contribution in [3.8, 4) is 5.75 Å². The lowest BCUT2D eigenvalue weighted by Crippen LogP contribution is -1.99. The van der Waals surface area contributed by atoms with Crippen LogP contribution in [-0.4, -0.2) is 6.61 Å². The number of rotatable bonds is 4. The number of benzene rings is 1. The number of ether oxygens (including phenoxy) is 1. The highest BCUT2D eigenvalue weighted by Crippen LogP contribution is 2.13. The topological polar surface area (TPSA) is 44.5 Å². The molecular weight excluding hydrogens is 154 g/mol. The molecule has 1 aromatic carbocycles. The molecule has 0 aliphatic rings. The van der Waals surface area contributed by atoms with Crippen molar-refractivity contribution in [1.82, 2.24) is 0 Å². The van der Waals surface area contributed by atoms with E-state index in [1.165, 1.54) is 0 Å². The maximum absolute atomic E-state index is 5.30. The average Bonchev–Trinajstić information content (AvgIpc) is 2.06. The van der Waals surface area contributed by atoms with E-state index in [4.69, 9.17) is 10.6 Å². The molecule has 0 fully saturated rings. The molecule has 0 aliphatic carbocycles. The standard InChI is InChI=1S/C9H13NO2/c1-2-11-9-5-3-4-8(6-9)7-12-10/h3-6H,2,7,10H2,1H3. The monoisotopic (exact) mass is 167 g/mol. The van der Waals surface area contributed by atoms with Crippen molar-refractivity contribution >= 4 is 0 Å². The van der Waals surface area contributed by atoms with Crippen LogP contribution in [0.2, 0.25) is 0 Å². The molecule has 2 N–H and O–H groups in total. The van der Waals surface area contributed by atoms with Gasteiger partial charge < -0.3 is 4.74 Å². The van der Waals surface area contributed by atoms with Gasteiger partial charge in [0.15, 0.2) is 0 Å². The predicted octanol–water partition coefficient (Wildman–Crippen LogP) is 1.48. The Balaban J connectivity index is 2.67. The summed E-state index contributed by atoms with van der Waals surface area (Å²) in [7, 11) is 0. The number of nitrogens with two attached hydrogens (primary N) is 1. The van der Waals surface area contributed by atoms with Crippen LogP contribution in [0.4, 0.5) is 0 Å². The van der Waals surface area contributed by atoms with Gasteiger partial charge in [-0.15, -0.1) is 0 Å². The first-order valence-electron chi connectivity index (χ1n) is 3.90. The molecule has 3 heteroatoms. The minimum absolute atomic E-state index is 0.418. The summed E-state index contributed by atoms with van der Waals surface area (Å²) < 4.78 is 5.30. The summed E-state index contributed by atoms with van der Waals surface area (Å²) in [5.41, 5.74) is 1.02. The van der Waals surface area contributed by atoms with Crippen molar-refractivity contribution in [1.29, 1.82) is 0 Å². The molecule has 0 atom stereocenters. The highest BCUT2D eigenvalue weighted by Gasteiger charge is 1.94. The van der Waals surface area contributed by atoms with Crippen molar-refractivity contribution < 1.29 is 9.57 Å². The average molecular weight is 167 g/mol. The van der Waals surface area contributed by atoms with Gasteiger partial charge in [-0.25, -0.2) is 5.90 Å². The van der Waals surface area contributed by atoms with E-state index in [9.17, 15) is 0 Å². The lowest BCUT2D eigenvalue weighted by atomic mass is 10.2. The Labute approximate surface area is 72.0 Å². The Morgan fingerprint density at radius 2 is 2.25 bits per heavy atom. The van der Waals surface area contributed by atoms with Crippen LogP contribution in [0.1, 0.15) is 12.5 Å². The maximum Gasteiger partial charge on any atom is 0.119 e. The Bertz CT molecular complexity index is 216. The minimum atomic E-state index is 0.418. The van der Waals surface area contributed by atoms with E-state index in [2.05, 4.69) is 4.84 Å². The van der Waals surface area contributed by atoms with E-state index in [0.29, 0.717) is 13.2 Å². The van der Waals surface area contributed by atoms with Gasteiger partial charge in [-0.1, -0.05) is 12.1 Å². The Morgan fingerprint density at radius 1 is 1.42 bits per heavy atom. The summed E-state index contributed by atoms with van der Waals surface area (Å²) in [6, 6.07) is 7.68. The molecule has 0 radical (unpaired) electrons. The zero-order chi connectivity index (χ0) is 8.81. The predicted molar refractivity (Wildman–Crippen MR) is 46.6 cm³/mol. The van der Waals surface area contributed by atoms with Gasteiger partial charge >= 0.3 is 0 Å². The molecule has 0 amide bonds. The second kappa shape index (κ2) is 4.74. The second-order valence-electron chi connectivity index (χ2n) is 2.39. The first-order valence-corrected chi connectivity index (χ1v) is 3.90. The van der Waals surface area contributed by atoms with E-state index >= 15 is 0 Å². The van der Waals surface area contributed by atoms with Gasteiger partial charge in [0.1, 0.15) is 5.75 Å². The summed E-state index contributed by atoms with van der Waals surface area (Å²) in [5.74, 6) is 5.80. The SMILES string of the molecule is CCOc1cccc(CON)c1. The van der Waals surface area contributed by atoms with Crippen LogP contribution < -0.4 is 10.6 Å². The van der Waals surface area contributed by atoms with Gasteiger partial charge in [0.25, 0.3) is 0 Å². The number of hydrogen-bond donors (Lipinski definition) is 1. The molecule has 0 saturated heterocycles. The van der Waals surface area contributed by atoms with Gasteiger partial charge in [-0.05, 0) is 24.6 Å². The quantitative estimate of drug-likeness (QED) is 0.691. The molecule has 1 aromatic rings. The van der Waals surface area contributed by atoms with Gasteiger partial charge in [0.2, 0.25) is 0 Å². The third-order valence-electron chi connectivity index (χ3n) is 1.46. The van der Waals surface area contributed by atoms with Crippen LogP contribution in [0, 0.1) is 0 Å². The zero-order valence-corrected chi connectivity index (χ0v) is 7.12. The minimum Gasteiger partial charge on any atom is -0.494 e. The second-order valence-corrected chi connectivity index (χ2v) is 2.39. The highest BCUT2D eigenvalue weighted by atomic mass is 16.6. The smallest absolute Gasteiger partial charge is 0.119 e. The molecule has 0 aliphatic heterocycles. The van der Waals surface area contributed by atoms with Gasteiger partial charge in [-0.3, -0.25) is 4.84 Å². The molecule has 1 rings (SSSR count). The third kappa shape index (κ3) is 2.53. The van der Waals surface area contributed by atoms with E-state index in [-0.39, 0.29) is 0 Å². The van der Waals surface area contributed by atoms with E-state index in [0.717, 1.165) is 11.3 Å². The normalized spacial score (nSPS) is 9.83. The Hall–Kier alpha value is -1.06. The van der Waals surface area contributed by atoms with Crippen molar-refractivity contribution in [3.63, 3.8) is 0 Å². The molecule has 0 bridgehead atoms. The lowest BCUT2D eigenvalue weighted by Gasteiger charge is -2.04. The van der Waals surface area contributed by atoms with Gasteiger partial charge in [-0.2, -0.15) is 0 Å². The van der Waals surface area contributed by atoms with E-state index in [1.807, 2.05) is 31.2 Å². The van der Waals surface area contributed by atoms with Crippen LogP contribution in [-0.2, 0) is 11.4 Å². The van der Waals surface area contributed by atoms with Crippen molar-refractivity contribution in [2.24, 2.45) is 5.90 Å². The largest absolute Gasteiger partial charge is 0.494 e. The highest BCUT2D eigenvalue weighted by molar-refractivity contribution is 5.27. The maximum atomic E-state index is 5.30. The molecule has 0 saturated carbocycles. The summed E-state index contributed by atoms with van der Waals surface area (Å²) in [6.07, 6.45) is 0. The fourth-order valence-electron chi connectivity index (χ4n) is 0.988. The Kier molecular flexibility index (Phi) is 3.57. The summed E-state index contributed by atoms with van der Waals surface area (Å²) >= 11 is 0. The fraction of sp³-hybridized carbons (Fsp3) is 0.333. The van der Waals surface area contributed by atoms with Crippen molar-refractivity contribution in [2.75, 3.05) is 6.61 Å². The lowest BCUT2D eigenvalue weighted by molar-refractivity contribution is 0.124.